The average Bonchev–Trinajstić information content (AvgIpc) is 2.81. The normalized spacial score (nSPS) is 13.9. The number of hydrogen-bond donors (Lipinski definition) is 0. The minimum absolute atomic E-state index is 0.157. The second-order valence-corrected chi connectivity index (χ2v) is 7.76. The fourth-order valence-corrected chi connectivity index (χ4v) is 3.71. The molecule has 0 saturated carbocycles. The van der Waals surface area contributed by atoms with E-state index < -0.39 is 0 Å². The van der Waals surface area contributed by atoms with Crippen molar-refractivity contribution in [2.45, 2.75) is 20.3 Å². The largest absolute Gasteiger partial charge is 0.494 e. The van der Waals surface area contributed by atoms with Crippen molar-refractivity contribution >= 4 is 11.7 Å². The molecule has 0 unspecified atom stereocenters. The smallest absolute Gasteiger partial charge is 0.227 e. The van der Waals surface area contributed by atoms with Crippen molar-refractivity contribution in [3.8, 4) is 17.0 Å². The highest BCUT2D eigenvalue weighted by Crippen LogP contribution is 2.20. The zero-order valence-electron chi connectivity index (χ0n) is 18.1. The quantitative estimate of drug-likeness (QED) is 0.613. The Kier molecular flexibility index (Phi) is 6.46. The molecule has 1 saturated heterocycles. The average molecular weight is 417 g/mol. The molecule has 1 amide bonds. The van der Waals surface area contributed by atoms with Gasteiger partial charge in [-0.2, -0.15) is 0 Å². The summed E-state index contributed by atoms with van der Waals surface area (Å²) in [6, 6.07) is 20.1. The zero-order chi connectivity index (χ0) is 21.6. The second kappa shape index (κ2) is 9.60. The third kappa shape index (κ3) is 5.20. The highest BCUT2D eigenvalue weighted by molar-refractivity contribution is 5.79. The van der Waals surface area contributed by atoms with Crippen molar-refractivity contribution in [3.63, 3.8) is 0 Å². The van der Waals surface area contributed by atoms with Gasteiger partial charge in [-0.05, 0) is 43.7 Å². The molecule has 6 heteroatoms. The number of nitrogens with zero attached hydrogens (tertiary/aromatic N) is 4. The minimum atomic E-state index is 0.157. The number of carbonyl (C=O) groups excluding carboxylic acids is 1. The van der Waals surface area contributed by atoms with Crippen LogP contribution in [0.25, 0.3) is 11.3 Å². The van der Waals surface area contributed by atoms with Gasteiger partial charge in [-0.1, -0.05) is 42.0 Å². The Morgan fingerprint density at radius 1 is 0.903 bits per heavy atom. The maximum absolute atomic E-state index is 12.7. The van der Waals surface area contributed by atoms with E-state index in [1.54, 1.807) is 0 Å². The molecule has 0 N–H and O–H groups in total. The molecule has 1 aliphatic heterocycles. The maximum atomic E-state index is 12.7. The number of aromatic nitrogens is 2. The highest BCUT2D eigenvalue weighted by Gasteiger charge is 2.22. The molecule has 1 aromatic heterocycles. The molecule has 2 aromatic carbocycles. The van der Waals surface area contributed by atoms with Crippen molar-refractivity contribution < 1.29 is 9.53 Å². The van der Waals surface area contributed by atoms with Crippen molar-refractivity contribution in [2.75, 3.05) is 37.7 Å². The van der Waals surface area contributed by atoms with Crippen LogP contribution < -0.4 is 9.64 Å². The Bertz CT molecular complexity index is 993. The summed E-state index contributed by atoms with van der Waals surface area (Å²) >= 11 is 0. The van der Waals surface area contributed by atoms with Gasteiger partial charge in [-0.3, -0.25) is 4.79 Å². The van der Waals surface area contributed by atoms with Crippen LogP contribution in [-0.4, -0.2) is 53.8 Å². The van der Waals surface area contributed by atoms with Crippen LogP contribution in [-0.2, 0) is 11.2 Å². The number of aryl methyl sites for hydroxylation is 1. The van der Waals surface area contributed by atoms with Gasteiger partial charge in [-0.15, -0.1) is 10.2 Å². The van der Waals surface area contributed by atoms with Crippen molar-refractivity contribution in [1.29, 1.82) is 0 Å². The van der Waals surface area contributed by atoms with E-state index in [1.165, 1.54) is 5.56 Å². The summed E-state index contributed by atoms with van der Waals surface area (Å²) in [5.41, 5.74) is 4.17. The predicted octanol–water partition coefficient (Wildman–Crippen LogP) is 3.74. The third-order valence-electron chi connectivity index (χ3n) is 5.54. The van der Waals surface area contributed by atoms with E-state index in [0.29, 0.717) is 26.1 Å². The van der Waals surface area contributed by atoms with E-state index in [4.69, 9.17) is 4.74 Å². The number of anilines is 1. The molecule has 160 valence electrons. The molecular weight excluding hydrogens is 388 g/mol. The fraction of sp³-hybridized carbons (Fsp3) is 0.320. The maximum Gasteiger partial charge on any atom is 0.227 e. The van der Waals surface area contributed by atoms with Gasteiger partial charge in [0.05, 0.1) is 18.7 Å². The summed E-state index contributed by atoms with van der Waals surface area (Å²) in [5.74, 6) is 1.85. The standard InChI is InChI=1S/C25H28N4O2/c1-3-31-22-10-6-20(7-11-22)18-25(30)29-16-14-28(15-17-29)24-13-12-23(26-27-24)21-8-4-19(2)5-9-21/h4-13H,3,14-18H2,1-2H3. The molecule has 1 aliphatic rings. The van der Waals surface area contributed by atoms with Crippen LogP contribution in [0.4, 0.5) is 5.82 Å². The highest BCUT2D eigenvalue weighted by atomic mass is 16.5. The molecule has 2 heterocycles. The summed E-state index contributed by atoms with van der Waals surface area (Å²) in [7, 11) is 0. The van der Waals surface area contributed by atoms with Crippen molar-refractivity contribution in [2.24, 2.45) is 0 Å². The van der Waals surface area contributed by atoms with Crippen LogP contribution in [0.2, 0.25) is 0 Å². The predicted molar refractivity (Wildman–Crippen MR) is 122 cm³/mol. The van der Waals surface area contributed by atoms with E-state index in [-0.39, 0.29) is 5.91 Å². The zero-order valence-corrected chi connectivity index (χ0v) is 18.1. The Balaban J connectivity index is 1.30. The molecule has 31 heavy (non-hydrogen) atoms. The van der Waals surface area contributed by atoms with Crippen LogP contribution >= 0.6 is 0 Å². The van der Waals surface area contributed by atoms with Gasteiger partial charge in [0.25, 0.3) is 0 Å². The SMILES string of the molecule is CCOc1ccc(CC(=O)N2CCN(c3ccc(-c4ccc(C)cc4)nn3)CC2)cc1. The lowest BCUT2D eigenvalue weighted by molar-refractivity contribution is -0.130. The van der Waals surface area contributed by atoms with E-state index in [0.717, 1.165) is 41.5 Å². The van der Waals surface area contributed by atoms with E-state index in [1.807, 2.05) is 48.2 Å². The molecular formula is C25H28N4O2. The lowest BCUT2D eigenvalue weighted by Crippen LogP contribution is -2.49. The second-order valence-electron chi connectivity index (χ2n) is 7.76. The van der Waals surface area contributed by atoms with E-state index in [9.17, 15) is 4.79 Å². The van der Waals surface area contributed by atoms with Crippen LogP contribution in [0.15, 0.2) is 60.7 Å². The number of amides is 1. The molecule has 0 bridgehead atoms. The van der Waals surface area contributed by atoms with Gasteiger partial charge in [0.15, 0.2) is 5.82 Å². The summed E-state index contributed by atoms with van der Waals surface area (Å²) in [6.07, 6.45) is 0.414. The molecule has 3 aromatic rings. The van der Waals surface area contributed by atoms with Gasteiger partial charge in [0.2, 0.25) is 5.91 Å². The third-order valence-corrected chi connectivity index (χ3v) is 5.54. The van der Waals surface area contributed by atoms with Crippen LogP contribution in [0, 0.1) is 6.92 Å². The number of ether oxygens (including phenoxy) is 1. The number of carbonyl (C=O) groups is 1. The number of hydrogen-bond acceptors (Lipinski definition) is 5. The monoisotopic (exact) mass is 416 g/mol. The van der Waals surface area contributed by atoms with Crippen LogP contribution in [0.5, 0.6) is 5.75 Å². The summed E-state index contributed by atoms with van der Waals surface area (Å²) in [6.45, 7) is 7.57. The molecule has 4 rings (SSSR count). The first-order chi connectivity index (χ1) is 15.1. The first kappa shape index (κ1) is 20.8. The first-order valence-electron chi connectivity index (χ1n) is 10.8. The van der Waals surface area contributed by atoms with Crippen LogP contribution in [0.1, 0.15) is 18.1 Å². The number of rotatable bonds is 6. The van der Waals surface area contributed by atoms with Crippen LogP contribution in [0.3, 0.4) is 0 Å². The van der Waals surface area contributed by atoms with Crippen molar-refractivity contribution in [3.05, 3.63) is 71.8 Å². The van der Waals surface area contributed by atoms with Gasteiger partial charge in [0, 0.05) is 31.7 Å². The molecule has 0 aliphatic carbocycles. The summed E-state index contributed by atoms with van der Waals surface area (Å²) in [5, 5.41) is 8.82. The first-order valence-corrected chi connectivity index (χ1v) is 10.8. The molecule has 0 spiro atoms. The van der Waals surface area contributed by atoms with Gasteiger partial charge in [-0.25, -0.2) is 0 Å². The molecule has 1 fully saturated rings. The van der Waals surface area contributed by atoms with Gasteiger partial charge < -0.3 is 14.5 Å². The summed E-state index contributed by atoms with van der Waals surface area (Å²) in [4.78, 5) is 16.8. The molecule has 0 atom stereocenters. The number of piperazine rings is 1. The molecule has 6 nitrogen and oxygen atoms in total. The Morgan fingerprint density at radius 2 is 1.61 bits per heavy atom. The van der Waals surface area contributed by atoms with Gasteiger partial charge in [0.1, 0.15) is 5.75 Å². The lowest BCUT2D eigenvalue weighted by Gasteiger charge is -2.35. The topological polar surface area (TPSA) is 58.6 Å². The summed E-state index contributed by atoms with van der Waals surface area (Å²) < 4.78 is 5.46. The Hall–Kier alpha value is -3.41. The Labute approximate surface area is 183 Å². The van der Waals surface area contributed by atoms with Crippen molar-refractivity contribution in [1.82, 2.24) is 15.1 Å². The number of benzene rings is 2. The lowest BCUT2D eigenvalue weighted by atomic mass is 10.1. The molecule has 0 radical (unpaired) electrons. The minimum Gasteiger partial charge on any atom is -0.494 e. The van der Waals surface area contributed by atoms with Gasteiger partial charge >= 0.3 is 0 Å². The Morgan fingerprint density at radius 3 is 2.23 bits per heavy atom. The van der Waals surface area contributed by atoms with E-state index in [2.05, 4.69) is 46.3 Å². The van der Waals surface area contributed by atoms with E-state index >= 15 is 0 Å². The fourth-order valence-electron chi connectivity index (χ4n) is 3.71.